The van der Waals surface area contributed by atoms with Crippen molar-refractivity contribution >= 4 is 23.7 Å². The molecule has 0 spiro atoms. The summed E-state index contributed by atoms with van der Waals surface area (Å²) in [5.41, 5.74) is -0.647. The maximum atomic E-state index is 12.0. The maximum Gasteiger partial charge on any atom is 0.328 e. The Morgan fingerprint density at radius 3 is 2.50 bits per heavy atom. The van der Waals surface area contributed by atoms with Crippen LogP contribution in [0.25, 0.3) is 0 Å². The van der Waals surface area contributed by atoms with E-state index in [2.05, 4.69) is 10.6 Å². The van der Waals surface area contributed by atoms with Crippen LogP contribution >= 0.6 is 0 Å². The van der Waals surface area contributed by atoms with Gasteiger partial charge in [-0.2, -0.15) is 0 Å². The highest BCUT2D eigenvalue weighted by molar-refractivity contribution is 5.93. The van der Waals surface area contributed by atoms with E-state index < -0.39 is 29.2 Å². The first-order chi connectivity index (χ1) is 9.12. The summed E-state index contributed by atoms with van der Waals surface area (Å²) in [6.07, 6.45) is 0. The Morgan fingerprint density at radius 2 is 2.00 bits per heavy atom. The molecule has 1 saturated heterocycles. The maximum absolute atomic E-state index is 12.0. The fourth-order valence-corrected chi connectivity index (χ4v) is 1.65. The molecule has 20 heavy (non-hydrogen) atoms. The van der Waals surface area contributed by atoms with Crippen LogP contribution in [0.3, 0.4) is 0 Å². The van der Waals surface area contributed by atoms with Gasteiger partial charge in [0.2, 0.25) is 17.7 Å². The van der Waals surface area contributed by atoms with Gasteiger partial charge in [0.15, 0.2) is 0 Å². The van der Waals surface area contributed by atoms with E-state index >= 15 is 0 Å². The van der Waals surface area contributed by atoms with Gasteiger partial charge < -0.3 is 20.6 Å². The molecule has 0 aliphatic carbocycles. The number of piperazine rings is 1. The Bertz CT molecular complexity index is 441. The van der Waals surface area contributed by atoms with Crippen molar-refractivity contribution in [3.63, 3.8) is 0 Å². The van der Waals surface area contributed by atoms with E-state index in [1.807, 2.05) is 0 Å². The van der Waals surface area contributed by atoms with Gasteiger partial charge in [0.25, 0.3) is 0 Å². The molecule has 0 radical (unpaired) electrons. The van der Waals surface area contributed by atoms with Crippen LogP contribution in [0.15, 0.2) is 0 Å². The lowest BCUT2D eigenvalue weighted by molar-refractivity contribution is -0.153. The molecule has 3 N–H and O–H groups in total. The SMILES string of the molecule is CC(C)(C)C(=O)NCC(=O)N1CC(=O)NCC1C(=O)O. The van der Waals surface area contributed by atoms with Gasteiger partial charge in [0.05, 0.1) is 6.54 Å². The number of amides is 3. The molecular weight excluding hydrogens is 266 g/mol. The topological polar surface area (TPSA) is 116 Å². The lowest BCUT2D eigenvalue weighted by Gasteiger charge is -2.33. The van der Waals surface area contributed by atoms with Gasteiger partial charge in [0.1, 0.15) is 12.6 Å². The van der Waals surface area contributed by atoms with E-state index in [9.17, 15) is 19.2 Å². The first kappa shape index (κ1) is 15.9. The standard InChI is InChI=1S/C12H19N3O5/c1-12(2,3)11(20)14-5-9(17)15-6-8(16)13-4-7(15)10(18)19/h7H,4-6H2,1-3H3,(H,13,16)(H,14,20)(H,18,19). The molecule has 112 valence electrons. The van der Waals surface area contributed by atoms with E-state index in [-0.39, 0.29) is 25.5 Å². The molecule has 1 rings (SSSR count). The van der Waals surface area contributed by atoms with Gasteiger partial charge in [0, 0.05) is 12.0 Å². The van der Waals surface area contributed by atoms with E-state index in [1.54, 1.807) is 20.8 Å². The molecule has 1 aliphatic heterocycles. The molecule has 1 atom stereocenters. The molecule has 0 bridgehead atoms. The average molecular weight is 285 g/mol. The fourth-order valence-electron chi connectivity index (χ4n) is 1.65. The Labute approximate surface area is 116 Å². The second-order valence-electron chi connectivity index (χ2n) is 5.61. The van der Waals surface area contributed by atoms with E-state index in [4.69, 9.17) is 5.11 Å². The highest BCUT2D eigenvalue weighted by Crippen LogP contribution is 2.12. The number of nitrogens with one attached hydrogen (secondary N) is 2. The van der Waals surface area contributed by atoms with E-state index in [1.165, 1.54) is 0 Å². The minimum Gasteiger partial charge on any atom is -0.480 e. The summed E-state index contributed by atoms with van der Waals surface area (Å²) >= 11 is 0. The number of hydrogen-bond acceptors (Lipinski definition) is 4. The van der Waals surface area contributed by atoms with Crippen molar-refractivity contribution in [2.24, 2.45) is 5.41 Å². The van der Waals surface area contributed by atoms with Crippen LogP contribution < -0.4 is 10.6 Å². The highest BCUT2D eigenvalue weighted by atomic mass is 16.4. The molecule has 8 nitrogen and oxygen atoms in total. The Balaban J connectivity index is 2.66. The minimum absolute atomic E-state index is 0.132. The van der Waals surface area contributed by atoms with Crippen molar-refractivity contribution in [2.75, 3.05) is 19.6 Å². The highest BCUT2D eigenvalue weighted by Gasteiger charge is 2.35. The first-order valence-corrected chi connectivity index (χ1v) is 6.20. The zero-order valence-electron chi connectivity index (χ0n) is 11.7. The molecule has 0 aromatic rings. The van der Waals surface area contributed by atoms with Gasteiger partial charge in [-0.1, -0.05) is 20.8 Å². The molecule has 8 heteroatoms. The third-order valence-corrected chi connectivity index (χ3v) is 2.87. The Morgan fingerprint density at radius 1 is 1.40 bits per heavy atom. The van der Waals surface area contributed by atoms with E-state index in [0.717, 1.165) is 4.90 Å². The van der Waals surface area contributed by atoms with Crippen LogP contribution in [-0.4, -0.2) is 59.4 Å². The number of carbonyl (C=O) groups excluding carboxylic acids is 3. The van der Waals surface area contributed by atoms with Crippen LogP contribution in [0.1, 0.15) is 20.8 Å². The van der Waals surface area contributed by atoms with Crippen molar-refractivity contribution in [2.45, 2.75) is 26.8 Å². The smallest absolute Gasteiger partial charge is 0.328 e. The predicted octanol–water partition coefficient (Wildman–Crippen LogP) is -1.44. The predicted molar refractivity (Wildman–Crippen MR) is 68.6 cm³/mol. The van der Waals surface area contributed by atoms with Crippen molar-refractivity contribution in [1.82, 2.24) is 15.5 Å². The van der Waals surface area contributed by atoms with Crippen LogP contribution in [0, 0.1) is 5.41 Å². The number of hydrogen-bond donors (Lipinski definition) is 3. The second kappa shape index (κ2) is 5.89. The molecule has 0 aromatic carbocycles. The quantitative estimate of drug-likeness (QED) is 0.587. The Kier molecular flexibility index (Phi) is 4.69. The molecule has 1 fully saturated rings. The van der Waals surface area contributed by atoms with Crippen molar-refractivity contribution in [1.29, 1.82) is 0 Å². The van der Waals surface area contributed by atoms with Gasteiger partial charge in [-0.25, -0.2) is 4.79 Å². The summed E-state index contributed by atoms with van der Waals surface area (Å²) in [4.78, 5) is 46.9. The molecule has 1 unspecified atom stereocenters. The molecule has 0 aromatic heterocycles. The largest absolute Gasteiger partial charge is 0.480 e. The summed E-state index contributed by atoms with van der Waals surface area (Å²) in [5.74, 6) is -2.53. The van der Waals surface area contributed by atoms with Crippen LogP contribution in [0.4, 0.5) is 0 Å². The molecule has 1 aliphatic rings. The summed E-state index contributed by atoms with van der Waals surface area (Å²) in [5, 5.41) is 13.8. The van der Waals surface area contributed by atoms with Gasteiger partial charge in [-0.3, -0.25) is 14.4 Å². The molecular formula is C12H19N3O5. The van der Waals surface area contributed by atoms with Gasteiger partial charge in [-0.05, 0) is 0 Å². The number of aliphatic carboxylic acids is 1. The monoisotopic (exact) mass is 285 g/mol. The lowest BCUT2D eigenvalue weighted by atomic mass is 9.96. The lowest BCUT2D eigenvalue weighted by Crippen LogP contribution is -2.60. The van der Waals surface area contributed by atoms with Crippen LogP contribution in [0.5, 0.6) is 0 Å². The van der Waals surface area contributed by atoms with Crippen molar-refractivity contribution in [3.05, 3.63) is 0 Å². The van der Waals surface area contributed by atoms with Crippen LogP contribution in [-0.2, 0) is 19.2 Å². The summed E-state index contributed by atoms with van der Waals surface area (Å²) < 4.78 is 0. The summed E-state index contributed by atoms with van der Waals surface area (Å²) in [7, 11) is 0. The molecule has 0 saturated carbocycles. The number of nitrogens with zero attached hydrogens (tertiary/aromatic N) is 1. The van der Waals surface area contributed by atoms with Crippen LogP contribution in [0.2, 0.25) is 0 Å². The number of carbonyl (C=O) groups is 4. The zero-order valence-corrected chi connectivity index (χ0v) is 11.7. The summed E-state index contributed by atoms with van der Waals surface area (Å²) in [6, 6.07) is -1.10. The molecule has 1 heterocycles. The minimum atomic E-state index is -1.19. The second-order valence-corrected chi connectivity index (χ2v) is 5.61. The van der Waals surface area contributed by atoms with Crippen molar-refractivity contribution < 1.29 is 24.3 Å². The average Bonchev–Trinajstić information content (AvgIpc) is 2.33. The van der Waals surface area contributed by atoms with Gasteiger partial charge in [-0.15, -0.1) is 0 Å². The zero-order chi connectivity index (χ0) is 15.5. The summed E-state index contributed by atoms with van der Waals surface area (Å²) in [6.45, 7) is 4.31. The number of carboxylic acids is 1. The number of rotatable bonds is 3. The van der Waals surface area contributed by atoms with Gasteiger partial charge >= 0.3 is 5.97 Å². The fraction of sp³-hybridized carbons (Fsp3) is 0.667. The third kappa shape index (κ3) is 3.94. The normalized spacial score (nSPS) is 19.2. The third-order valence-electron chi connectivity index (χ3n) is 2.87. The number of carboxylic acid groups (broad SMARTS) is 1. The first-order valence-electron chi connectivity index (χ1n) is 6.20. The van der Waals surface area contributed by atoms with E-state index in [0.29, 0.717) is 0 Å². The van der Waals surface area contributed by atoms with Crippen molar-refractivity contribution in [3.8, 4) is 0 Å². The Hall–Kier alpha value is -2.12. The molecule has 3 amide bonds.